The first-order valence-electron chi connectivity index (χ1n) is 8.56. The molecule has 0 aliphatic carbocycles. The van der Waals surface area contributed by atoms with Gasteiger partial charge in [0.1, 0.15) is 12.2 Å². The van der Waals surface area contributed by atoms with Gasteiger partial charge >= 0.3 is 6.03 Å². The number of carbonyl (C=O) groups is 3. The highest BCUT2D eigenvalue weighted by Crippen LogP contribution is 2.18. The number of rotatable bonds is 6. The Morgan fingerprint density at radius 1 is 1.13 bits per heavy atom. The second-order valence-electron chi connectivity index (χ2n) is 6.35. The second kappa shape index (κ2) is 8.33. The van der Waals surface area contributed by atoms with Crippen molar-refractivity contribution in [3.8, 4) is 0 Å². The van der Waals surface area contributed by atoms with Crippen LogP contribution in [0, 0.1) is 10.1 Å². The molecule has 4 N–H and O–H groups in total. The molecule has 1 heterocycles. The molecule has 0 spiro atoms. The molecular formula is C18H15N5O7S. The van der Waals surface area contributed by atoms with Gasteiger partial charge in [-0.15, -0.1) is 0 Å². The fourth-order valence-corrected chi connectivity index (χ4v) is 3.16. The number of nitro benzene ring substituents is 1. The summed E-state index contributed by atoms with van der Waals surface area (Å²) in [6, 6.07) is 9.52. The Balaban J connectivity index is 1.66. The topological polar surface area (TPSA) is 182 Å². The molecule has 31 heavy (non-hydrogen) atoms. The minimum atomic E-state index is -3.88. The molecule has 0 radical (unpaired) electrons. The molecule has 3 rings (SSSR count). The molecule has 0 atom stereocenters. The number of sulfonamides is 1. The molecule has 13 heteroatoms. The van der Waals surface area contributed by atoms with E-state index in [4.69, 9.17) is 5.14 Å². The predicted octanol–water partition coefficient (Wildman–Crippen LogP) is 0.774. The number of anilines is 1. The summed E-state index contributed by atoms with van der Waals surface area (Å²) in [6.07, 6.45) is 1.33. The first-order valence-corrected chi connectivity index (χ1v) is 10.1. The van der Waals surface area contributed by atoms with Gasteiger partial charge in [0.05, 0.1) is 9.82 Å². The second-order valence-corrected chi connectivity index (χ2v) is 7.91. The molecule has 0 aromatic heterocycles. The van der Waals surface area contributed by atoms with Gasteiger partial charge in [-0.1, -0.05) is 0 Å². The van der Waals surface area contributed by atoms with E-state index >= 15 is 0 Å². The third-order valence-electron chi connectivity index (χ3n) is 4.15. The summed E-state index contributed by atoms with van der Waals surface area (Å²) in [4.78, 5) is 47.4. The highest BCUT2D eigenvalue weighted by Gasteiger charge is 2.34. The molecule has 0 unspecified atom stereocenters. The van der Waals surface area contributed by atoms with E-state index in [2.05, 4.69) is 10.6 Å². The minimum Gasteiger partial charge on any atom is -0.325 e. The number of hydrogen-bond acceptors (Lipinski definition) is 7. The van der Waals surface area contributed by atoms with Crippen LogP contribution in [-0.2, 0) is 19.6 Å². The Hall–Kier alpha value is -4.10. The lowest BCUT2D eigenvalue weighted by atomic mass is 10.1. The molecule has 1 saturated heterocycles. The summed E-state index contributed by atoms with van der Waals surface area (Å²) < 4.78 is 22.5. The average Bonchev–Trinajstić information content (AvgIpc) is 2.95. The highest BCUT2D eigenvalue weighted by atomic mass is 32.2. The fourth-order valence-electron chi connectivity index (χ4n) is 2.65. The van der Waals surface area contributed by atoms with Crippen LogP contribution < -0.4 is 15.8 Å². The van der Waals surface area contributed by atoms with Crippen LogP contribution in [0.15, 0.2) is 59.1 Å². The SMILES string of the molecule is NS(=O)(=O)c1ccc(NC(=O)CN2C(=O)N/C(=C\c3ccc([N+](=O)[O-])cc3)C2=O)cc1. The van der Waals surface area contributed by atoms with Crippen molar-refractivity contribution in [2.45, 2.75) is 4.90 Å². The van der Waals surface area contributed by atoms with Gasteiger partial charge in [0.25, 0.3) is 11.6 Å². The Morgan fingerprint density at radius 3 is 2.29 bits per heavy atom. The van der Waals surface area contributed by atoms with E-state index in [-0.39, 0.29) is 22.0 Å². The van der Waals surface area contributed by atoms with Gasteiger partial charge in [0, 0.05) is 17.8 Å². The largest absolute Gasteiger partial charge is 0.329 e. The number of nitrogens with one attached hydrogen (secondary N) is 2. The predicted molar refractivity (Wildman–Crippen MR) is 108 cm³/mol. The number of primary sulfonamides is 1. The maximum atomic E-state index is 12.4. The number of nitrogens with two attached hydrogens (primary N) is 1. The highest BCUT2D eigenvalue weighted by molar-refractivity contribution is 7.89. The number of benzene rings is 2. The summed E-state index contributed by atoms with van der Waals surface area (Å²) in [5.41, 5.74) is 0.463. The number of imide groups is 1. The minimum absolute atomic E-state index is 0.0934. The zero-order valence-corrected chi connectivity index (χ0v) is 16.5. The average molecular weight is 445 g/mol. The van der Waals surface area contributed by atoms with E-state index in [0.717, 1.165) is 0 Å². The number of carbonyl (C=O) groups excluding carboxylic acids is 3. The lowest BCUT2D eigenvalue weighted by Gasteiger charge is -2.12. The van der Waals surface area contributed by atoms with Crippen LogP contribution in [0.2, 0.25) is 0 Å². The van der Waals surface area contributed by atoms with Crippen molar-refractivity contribution in [3.05, 3.63) is 69.9 Å². The van der Waals surface area contributed by atoms with Crippen molar-refractivity contribution in [2.75, 3.05) is 11.9 Å². The molecule has 0 bridgehead atoms. The van der Waals surface area contributed by atoms with Gasteiger partial charge in [-0.25, -0.2) is 23.3 Å². The van der Waals surface area contributed by atoms with Crippen molar-refractivity contribution in [1.29, 1.82) is 0 Å². The lowest BCUT2D eigenvalue weighted by molar-refractivity contribution is -0.384. The first-order chi connectivity index (χ1) is 14.5. The Kier molecular flexibility index (Phi) is 5.81. The molecule has 1 aliphatic heterocycles. The molecule has 160 valence electrons. The van der Waals surface area contributed by atoms with Crippen LogP contribution in [0.5, 0.6) is 0 Å². The van der Waals surface area contributed by atoms with E-state index < -0.39 is 39.3 Å². The maximum Gasteiger partial charge on any atom is 0.329 e. The van der Waals surface area contributed by atoms with E-state index in [1.807, 2.05) is 0 Å². The van der Waals surface area contributed by atoms with Gasteiger partial charge in [-0.2, -0.15) is 0 Å². The molecule has 1 aliphatic rings. The molecule has 4 amide bonds. The zero-order valence-electron chi connectivity index (χ0n) is 15.6. The third-order valence-corrected chi connectivity index (χ3v) is 5.07. The van der Waals surface area contributed by atoms with Gasteiger partial charge in [-0.05, 0) is 48.0 Å². The summed E-state index contributed by atoms with van der Waals surface area (Å²) >= 11 is 0. The molecule has 2 aromatic carbocycles. The number of urea groups is 1. The van der Waals surface area contributed by atoms with Crippen molar-refractivity contribution in [3.63, 3.8) is 0 Å². The quantitative estimate of drug-likeness (QED) is 0.254. The van der Waals surface area contributed by atoms with Crippen molar-refractivity contribution in [2.24, 2.45) is 5.14 Å². The van der Waals surface area contributed by atoms with E-state index in [0.29, 0.717) is 10.5 Å². The van der Waals surface area contributed by atoms with Crippen LogP contribution >= 0.6 is 0 Å². The fraction of sp³-hybridized carbons (Fsp3) is 0.0556. The first kappa shape index (κ1) is 21.6. The smallest absolute Gasteiger partial charge is 0.325 e. The van der Waals surface area contributed by atoms with E-state index in [1.165, 1.54) is 54.6 Å². The van der Waals surface area contributed by atoms with Gasteiger partial charge < -0.3 is 10.6 Å². The molecule has 12 nitrogen and oxygen atoms in total. The summed E-state index contributed by atoms with van der Waals surface area (Å²) in [7, 11) is -3.88. The van der Waals surface area contributed by atoms with E-state index in [9.17, 15) is 32.9 Å². The van der Waals surface area contributed by atoms with Crippen molar-refractivity contribution < 1.29 is 27.7 Å². The van der Waals surface area contributed by atoms with E-state index in [1.54, 1.807) is 0 Å². The molecule has 1 fully saturated rings. The Labute approximate surface area is 175 Å². The number of nitro groups is 1. The number of hydrogen-bond donors (Lipinski definition) is 3. The molecule has 2 aromatic rings. The monoisotopic (exact) mass is 445 g/mol. The number of non-ortho nitro benzene ring substituents is 1. The van der Waals surface area contributed by atoms with Crippen LogP contribution in [-0.4, -0.2) is 42.6 Å². The Morgan fingerprint density at radius 2 is 1.74 bits per heavy atom. The number of nitrogens with zero attached hydrogens (tertiary/aromatic N) is 2. The normalized spacial score (nSPS) is 15.1. The van der Waals surface area contributed by atoms with Crippen molar-refractivity contribution >= 4 is 45.3 Å². The van der Waals surface area contributed by atoms with Crippen molar-refractivity contribution in [1.82, 2.24) is 10.2 Å². The third kappa shape index (κ3) is 5.09. The Bertz CT molecular complexity index is 1200. The molecule has 0 saturated carbocycles. The van der Waals surface area contributed by atoms with Gasteiger partial charge in [0.15, 0.2) is 0 Å². The zero-order chi connectivity index (χ0) is 22.8. The van der Waals surface area contributed by atoms with Gasteiger partial charge in [0.2, 0.25) is 15.9 Å². The van der Waals surface area contributed by atoms with Crippen LogP contribution in [0.25, 0.3) is 6.08 Å². The number of amides is 4. The standard InChI is InChI=1S/C18H15N5O7S/c19-31(29,30)14-7-3-12(4-8-14)20-16(24)10-22-17(25)15(21-18(22)26)9-11-1-5-13(6-2-11)23(27)28/h1-9H,10H2,(H,20,24)(H,21,26)(H2,19,29,30)/b15-9-. The van der Waals surface area contributed by atoms with Gasteiger partial charge in [-0.3, -0.25) is 19.7 Å². The summed E-state index contributed by atoms with van der Waals surface area (Å²) in [5, 5.41) is 20.5. The summed E-state index contributed by atoms with van der Waals surface area (Å²) in [6.45, 7) is -0.584. The van der Waals surface area contributed by atoms with Crippen LogP contribution in [0.3, 0.4) is 0 Å². The maximum absolute atomic E-state index is 12.4. The van der Waals surface area contributed by atoms with Crippen LogP contribution in [0.1, 0.15) is 5.56 Å². The molecular weight excluding hydrogens is 430 g/mol. The van der Waals surface area contributed by atoms with Crippen LogP contribution in [0.4, 0.5) is 16.2 Å². The lowest BCUT2D eigenvalue weighted by Crippen LogP contribution is -2.38. The summed E-state index contributed by atoms with van der Waals surface area (Å²) in [5.74, 6) is -1.44.